The molecule has 10 rings (SSSR count). The Hall–Kier alpha value is -6.16. The van der Waals surface area contributed by atoms with Crippen molar-refractivity contribution in [3.8, 4) is 33.6 Å². The monoisotopic (exact) mass is 932 g/mol. The molecule has 18 nitrogen and oxygen atoms in total. The number of nitrogens with zero attached hydrogens (tertiary/aromatic N) is 10. The number of aromatic nitrogens is 10. The normalized spacial score (nSPS) is 21.2. The lowest BCUT2D eigenvalue weighted by molar-refractivity contribution is -0.0460. The number of para-hydroxylation sites is 2. The Kier molecular flexibility index (Phi) is 12.2. The Morgan fingerprint density at radius 2 is 1.08 bits per heavy atom. The Labute approximate surface area is 384 Å². The fourth-order valence-electron chi connectivity index (χ4n) is 9.13. The first-order chi connectivity index (χ1) is 31.7. The van der Waals surface area contributed by atoms with Gasteiger partial charge in [-0.3, -0.25) is 0 Å². The largest absolute Gasteiger partial charge is 0.393 e. The molecule has 2 fully saturated rings. The number of rotatable bonds is 10. The molecule has 0 bridgehead atoms. The number of nitrogens with two attached hydrogens (primary N) is 2. The predicted octanol–water partition coefficient (Wildman–Crippen LogP) is 5.22. The summed E-state index contributed by atoms with van der Waals surface area (Å²) in [6.07, 6.45) is 18.1. The number of anilines is 2. The third kappa shape index (κ3) is 8.55. The predicted molar refractivity (Wildman–Crippen MR) is 251 cm³/mol. The molecule has 20 heteroatoms. The summed E-state index contributed by atoms with van der Waals surface area (Å²) in [5.74, 6) is 0.527. The zero-order chi connectivity index (χ0) is 46.4. The quantitative estimate of drug-likeness (QED) is 0.0961. The molecule has 6 heterocycles. The molecule has 0 spiro atoms. The van der Waals surface area contributed by atoms with E-state index in [1.165, 1.54) is 4.52 Å². The van der Waals surface area contributed by atoms with Gasteiger partial charge in [-0.2, -0.15) is 29.4 Å². The van der Waals surface area contributed by atoms with Gasteiger partial charge in [0.25, 0.3) is 0 Å². The fraction of sp³-hybridized carbons (Fsp3) is 0.348. The molecular formula is C46H52N12O6S2. The number of hydrogen-bond acceptors (Lipinski definition) is 15. The lowest BCUT2D eigenvalue weighted by Gasteiger charge is -2.34. The van der Waals surface area contributed by atoms with Crippen molar-refractivity contribution < 1.29 is 28.8 Å². The maximum Gasteiger partial charge on any atom is 0.180 e. The summed E-state index contributed by atoms with van der Waals surface area (Å²) in [6, 6.07) is 19.6. The van der Waals surface area contributed by atoms with Crippen LogP contribution in [0.4, 0.5) is 11.6 Å². The van der Waals surface area contributed by atoms with Crippen LogP contribution in [-0.4, -0.2) is 115 Å². The molecule has 2 saturated carbocycles. The Balaban J connectivity index is 0.000000166. The van der Waals surface area contributed by atoms with E-state index in [4.69, 9.17) is 21.4 Å². The van der Waals surface area contributed by atoms with E-state index in [-0.39, 0.29) is 35.8 Å². The lowest BCUT2D eigenvalue weighted by atomic mass is 9.78. The number of fused-ring (bicyclic) bond motifs is 2. The molecule has 2 aliphatic rings. The van der Waals surface area contributed by atoms with Crippen molar-refractivity contribution >= 4 is 44.5 Å². The number of sulfone groups is 1. The third-order valence-electron chi connectivity index (χ3n) is 12.9. The number of benzene rings is 2. The van der Waals surface area contributed by atoms with Crippen LogP contribution in [0.2, 0.25) is 0 Å². The van der Waals surface area contributed by atoms with E-state index >= 15 is 0 Å². The molecule has 8 N–H and O–H groups in total. The van der Waals surface area contributed by atoms with E-state index in [1.54, 1.807) is 39.5 Å². The number of aliphatic hydroxyl groups is 4. The number of hydrogen-bond donors (Lipinski definition) is 6. The second-order valence-electron chi connectivity index (χ2n) is 17.3. The number of thioether (sulfide) groups is 1. The summed E-state index contributed by atoms with van der Waals surface area (Å²) >= 11 is 1.57. The van der Waals surface area contributed by atoms with Crippen LogP contribution in [0.1, 0.15) is 74.6 Å². The van der Waals surface area contributed by atoms with Gasteiger partial charge >= 0.3 is 0 Å². The molecule has 2 aliphatic carbocycles. The minimum atomic E-state index is -3.70. The second-order valence-corrected chi connectivity index (χ2v) is 20.1. The van der Waals surface area contributed by atoms with Crippen LogP contribution in [0.5, 0.6) is 0 Å². The highest BCUT2D eigenvalue weighted by atomic mass is 32.2. The second kappa shape index (κ2) is 17.9. The zero-order valence-electron chi connectivity index (χ0n) is 36.5. The molecule has 6 aromatic heterocycles. The average molecular weight is 933 g/mol. The van der Waals surface area contributed by atoms with E-state index in [9.17, 15) is 28.8 Å². The van der Waals surface area contributed by atoms with Crippen molar-refractivity contribution in [1.82, 2.24) is 48.8 Å². The van der Waals surface area contributed by atoms with Gasteiger partial charge < -0.3 is 31.9 Å². The topological polar surface area (TPSA) is 263 Å². The van der Waals surface area contributed by atoms with Crippen LogP contribution < -0.4 is 11.5 Å². The van der Waals surface area contributed by atoms with Crippen LogP contribution in [0.3, 0.4) is 0 Å². The highest BCUT2D eigenvalue weighted by Gasteiger charge is 2.38. The van der Waals surface area contributed by atoms with E-state index in [0.717, 1.165) is 57.8 Å². The minimum absolute atomic E-state index is 0.00666. The summed E-state index contributed by atoms with van der Waals surface area (Å²) in [7, 11) is -3.70. The molecule has 66 heavy (non-hydrogen) atoms. The van der Waals surface area contributed by atoms with Crippen molar-refractivity contribution in [2.45, 2.75) is 84.2 Å². The van der Waals surface area contributed by atoms with E-state index in [1.807, 2.05) is 90.2 Å². The fourth-order valence-corrected chi connectivity index (χ4v) is 10.9. The average Bonchev–Trinajstić information content (AvgIpc) is 4.17. The van der Waals surface area contributed by atoms with Crippen molar-refractivity contribution in [1.29, 1.82) is 0 Å². The van der Waals surface area contributed by atoms with Gasteiger partial charge in [-0.15, -0.1) is 11.8 Å². The molecule has 0 unspecified atom stereocenters. The zero-order valence-corrected chi connectivity index (χ0v) is 38.1. The summed E-state index contributed by atoms with van der Waals surface area (Å²) in [5.41, 5.74) is 18.3. The van der Waals surface area contributed by atoms with E-state index < -0.39 is 21.0 Å². The van der Waals surface area contributed by atoms with Gasteiger partial charge in [-0.25, -0.2) is 27.7 Å². The first kappa shape index (κ1) is 45.0. The number of aliphatic hydroxyl groups excluding tert-OH is 2. The van der Waals surface area contributed by atoms with Crippen LogP contribution in [0.15, 0.2) is 108 Å². The molecule has 2 aromatic carbocycles. The van der Waals surface area contributed by atoms with Gasteiger partial charge in [-0.1, -0.05) is 36.4 Å². The van der Waals surface area contributed by atoms with E-state index in [0.29, 0.717) is 66.9 Å². The molecular weight excluding hydrogens is 881 g/mol. The summed E-state index contributed by atoms with van der Waals surface area (Å²) in [5, 5.41) is 57.6. The maximum atomic E-state index is 12.7. The SMILES string of the molecule is CS(=O)(=O)c1c(C2CCC(O)(CO)CC2)nc2c(-c3cnn(-c4ccccc4)c3)cnn2c1N.CSc1c(C2CCC(O)(CO)CC2)nc2c(-c3cnn(-c4ccccc4)c3)cnn2c1N. The van der Waals surface area contributed by atoms with Gasteiger partial charge in [0.15, 0.2) is 21.1 Å². The van der Waals surface area contributed by atoms with Gasteiger partial charge in [0.05, 0.1) is 76.9 Å². The van der Waals surface area contributed by atoms with Crippen LogP contribution in [0, 0.1) is 0 Å². The first-order valence-electron chi connectivity index (χ1n) is 21.7. The van der Waals surface area contributed by atoms with Crippen molar-refractivity contribution in [3.63, 3.8) is 0 Å². The van der Waals surface area contributed by atoms with Crippen molar-refractivity contribution in [2.75, 3.05) is 37.2 Å². The van der Waals surface area contributed by atoms with Gasteiger partial charge in [0.2, 0.25) is 0 Å². The molecule has 0 atom stereocenters. The van der Waals surface area contributed by atoms with Crippen LogP contribution in [-0.2, 0) is 9.84 Å². The Morgan fingerprint density at radius 3 is 1.50 bits per heavy atom. The van der Waals surface area contributed by atoms with Gasteiger partial charge in [-0.05, 0) is 81.9 Å². The smallest absolute Gasteiger partial charge is 0.180 e. The molecule has 0 aliphatic heterocycles. The first-order valence-corrected chi connectivity index (χ1v) is 24.8. The highest BCUT2D eigenvalue weighted by molar-refractivity contribution is 7.98. The highest BCUT2D eigenvalue weighted by Crippen LogP contribution is 2.44. The Bertz CT molecular complexity index is 3120. The third-order valence-corrected chi connectivity index (χ3v) is 14.9. The van der Waals surface area contributed by atoms with Gasteiger partial charge in [0, 0.05) is 52.7 Å². The van der Waals surface area contributed by atoms with Gasteiger partial charge in [0.1, 0.15) is 16.5 Å². The maximum absolute atomic E-state index is 12.7. The molecule has 0 amide bonds. The molecule has 0 radical (unpaired) electrons. The van der Waals surface area contributed by atoms with E-state index in [2.05, 4.69) is 20.4 Å². The summed E-state index contributed by atoms with van der Waals surface area (Å²) in [6.45, 7) is -0.534. The Morgan fingerprint density at radius 1 is 0.652 bits per heavy atom. The minimum Gasteiger partial charge on any atom is -0.393 e. The standard InChI is InChI=1S/C23H26N6O4S.C23H26N6O2S/c1-34(32,33)20-19(15-7-9-23(31,14-30)10-8-15)27-22-18(12-26-29(22)21(20)24)16-11-25-28(13-16)17-5-3-2-4-6-17;1-32-20-19(15-7-9-23(31,14-30)10-8-15)27-22-18(12-26-29(22)21(20)24)16-11-25-28(13-16)17-5-3-2-4-6-17/h2-6,11-13,15,30-31H,7-10,14,24H2,1H3;2-6,11-13,15,30-31H,7-10,14,24H2,1H3. The number of nitrogen functional groups attached to an aromatic ring is 2. The van der Waals surface area contributed by atoms with Crippen molar-refractivity contribution in [2.24, 2.45) is 0 Å². The van der Waals surface area contributed by atoms with Crippen molar-refractivity contribution in [3.05, 3.63) is 109 Å². The summed E-state index contributed by atoms with van der Waals surface area (Å²) in [4.78, 5) is 10.7. The molecule has 8 aromatic rings. The van der Waals surface area contributed by atoms with Crippen LogP contribution >= 0.6 is 11.8 Å². The molecule has 344 valence electrons. The lowest BCUT2D eigenvalue weighted by Crippen LogP contribution is -2.37. The molecule has 0 saturated heterocycles. The summed E-state index contributed by atoms with van der Waals surface area (Å²) < 4.78 is 32.0. The van der Waals surface area contributed by atoms with Crippen LogP contribution in [0.25, 0.3) is 44.9 Å².